The summed E-state index contributed by atoms with van der Waals surface area (Å²) in [6, 6.07) is 21.3. The first kappa shape index (κ1) is 20.3. The van der Waals surface area contributed by atoms with Crippen molar-refractivity contribution in [3.8, 4) is 17.0 Å². The van der Waals surface area contributed by atoms with Gasteiger partial charge in [-0.05, 0) is 42.3 Å². The molecule has 1 N–H and O–H groups in total. The van der Waals surface area contributed by atoms with E-state index in [0.29, 0.717) is 23.6 Å². The molecule has 0 saturated carbocycles. The van der Waals surface area contributed by atoms with Crippen LogP contribution in [0.1, 0.15) is 34.5 Å². The molecule has 2 heterocycles. The Morgan fingerprint density at radius 1 is 1.06 bits per heavy atom. The fourth-order valence-electron chi connectivity index (χ4n) is 3.43. The van der Waals surface area contributed by atoms with Crippen molar-refractivity contribution in [3.63, 3.8) is 0 Å². The molecule has 156 valence electrons. The van der Waals surface area contributed by atoms with Gasteiger partial charge in [-0.1, -0.05) is 42.5 Å². The van der Waals surface area contributed by atoms with Crippen LogP contribution in [-0.4, -0.2) is 27.8 Å². The number of methoxy groups -OCH3 is 1. The maximum absolute atomic E-state index is 13.2. The van der Waals surface area contributed by atoms with E-state index in [0.717, 1.165) is 16.7 Å². The SMILES string of the molecule is COc1cccc(-c2nn(Cc3ccccc3)cc2C(=O)NC(C)c2ccncc2)c1. The topological polar surface area (TPSA) is 69.0 Å². The van der Waals surface area contributed by atoms with Crippen LogP contribution in [0.2, 0.25) is 0 Å². The third-order valence-electron chi connectivity index (χ3n) is 5.09. The van der Waals surface area contributed by atoms with Gasteiger partial charge in [0, 0.05) is 24.2 Å². The molecule has 6 nitrogen and oxygen atoms in total. The molecule has 0 bridgehead atoms. The van der Waals surface area contributed by atoms with Crippen molar-refractivity contribution in [2.75, 3.05) is 7.11 Å². The van der Waals surface area contributed by atoms with E-state index in [1.165, 1.54) is 0 Å². The molecule has 4 rings (SSSR count). The molecule has 1 atom stereocenters. The molecule has 0 aliphatic rings. The molecular weight excluding hydrogens is 388 g/mol. The summed E-state index contributed by atoms with van der Waals surface area (Å²) in [5, 5.41) is 7.82. The highest BCUT2D eigenvalue weighted by Gasteiger charge is 2.20. The van der Waals surface area contributed by atoms with Crippen LogP contribution in [-0.2, 0) is 6.54 Å². The predicted molar refractivity (Wildman–Crippen MR) is 120 cm³/mol. The van der Waals surface area contributed by atoms with Crippen LogP contribution in [0.15, 0.2) is 85.3 Å². The number of aromatic nitrogens is 3. The summed E-state index contributed by atoms with van der Waals surface area (Å²) < 4.78 is 7.16. The number of nitrogens with zero attached hydrogens (tertiary/aromatic N) is 3. The largest absolute Gasteiger partial charge is 0.497 e. The maximum Gasteiger partial charge on any atom is 0.255 e. The number of hydrogen-bond acceptors (Lipinski definition) is 4. The number of carbonyl (C=O) groups excluding carboxylic acids is 1. The second kappa shape index (κ2) is 9.26. The highest BCUT2D eigenvalue weighted by atomic mass is 16.5. The maximum atomic E-state index is 13.2. The van der Waals surface area contributed by atoms with Crippen LogP contribution < -0.4 is 10.1 Å². The summed E-state index contributed by atoms with van der Waals surface area (Å²) in [6.07, 6.45) is 5.24. The fraction of sp³-hybridized carbons (Fsp3) is 0.160. The second-order valence-electron chi connectivity index (χ2n) is 7.28. The van der Waals surface area contributed by atoms with Crippen molar-refractivity contribution < 1.29 is 9.53 Å². The highest BCUT2D eigenvalue weighted by molar-refractivity contribution is 6.00. The van der Waals surface area contributed by atoms with E-state index in [-0.39, 0.29) is 11.9 Å². The number of pyridine rings is 1. The first-order chi connectivity index (χ1) is 15.1. The van der Waals surface area contributed by atoms with Gasteiger partial charge in [0.1, 0.15) is 11.4 Å². The Kier molecular flexibility index (Phi) is 6.08. The van der Waals surface area contributed by atoms with Gasteiger partial charge in [-0.25, -0.2) is 0 Å². The predicted octanol–water partition coefficient (Wildman–Crippen LogP) is 4.49. The summed E-state index contributed by atoms with van der Waals surface area (Å²) in [6.45, 7) is 2.53. The van der Waals surface area contributed by atoms with Crippen LogP contribution in [0.3, 0.4) is 0 Å². The quantitative estimate of drug-likeness (QED) is 0.485. The van der Waals surface area contributed by atoms with Crippen molar-refractivity contribution in [3.05, 3.63) is 102 Å². The minimum atomic E-state index is -0.179. The zero-order chi connectivity index (χ0) is 21.6. The zero-order valence-electron chi connectivity index (χ0n) is 17.5. The lowest BCUT2D eigenvalue weighted by molar-refractivity contribution is 0.0940. The number of benzene rings is 2. The van der Waals surface area contributed by atoms with Gasteiger partial charge in [-0.15, -0.1) is 0 Å². The van der Waals surface area contributed by atoms with Crippen molar-refractivity contribution >= 4 is 5.91 Å². The third kappa shape index (κ3) is 4.80. The molecule has 0 radical (unpaired) electrons. The van der Waals surface area contributed by atoms with E-state index in [1.807, 2.05) is 73.7 Å². The molecule has 0 aliphatic carbocycles. The van der Waals surface area contributed by atoms with Crippen LogP contribution in [0, 0.1) is 0 Å². The van der Waals surface area contributed by atoms with E-state index in [1.54, 1.807) is 30.4 Å². The van der Waals surface area contributed by atoms with Crippen LogP contribution in [0.5, 0.6) is 5.75 Å². The third-order valence-corrected chi connectivity index (χ3v) is 5.09. The van der Waals surface area contributed by atoms with Gasteiger partial charge < -0.3 is 10.1 Å². The summed E-state index contributed by atoms with van der Waals surface area (Å²) in [7, 11) is 1.62. The lowest BCUT2D eigenvalue weighted by atomic mass is 10.1. The molecule has 0 aliphatic heterocycles. The Labute approximate surface area is 181 Å². The molecule has 31 heavy (non-hydrogen) atoms. The second-order valence-corrected chi connectivity index (χ2v) is 7.28. The molecule has 0 spiro atoms. The van der Waals surface area contributed by atoms with Crippen LogP contribution in [0.25, 0.3) is 11.3 Å². The number of nitrogens with one attached hydrogen (secondary N) is 1. The van der Waals surface area contributed by atoms with Crippen molar-refractivity contribution in [2.24, 2.45) is 0 Å². The Hall–Kier alpha value is -3.93. The summed E-state index contributed by atoms with van der Waals surface area (Å²) in [5.74, 6) is 0.535. The Morgan fingerprint density at radius 2 is 1.84 bits per heavy atom. The summed E-state index contributed by atoms with van der Waals surface area (Å²) in [5.41, 5.74) is 4.06. The number of carbonyl (C=O) groups is 1. The fourth-order valence-corrected chi connectivity index (χ4v) is 3.43. The number of ether oxygens (including phenoxy) is 1. The van der Waals surface area contributed by atoms with E-state index in [9.17, 15) is 4.79 Å². The van der Waals surface area contributed by atoms with E-state index in [4.69, 9.17) is 9.84 Å². The molecule has 0 fully saturated rings. The van der Waals surface area contributed by atoms with Crippen molar-refractivity contribution in [1.82, 2.24) is 20.1 Å². The van der Waals surface area contributed by atoms with Gasteiger partial charge in [0.15, 0.2) is 0 Å². The molecule has 1 amide bonds. The van der Waals surface area contributed by atoms with Crippen LogP contribution >= 0.6 is 0 Å². The molecule has 6 heteroatoms. The minimum absolute atomic E-state index is 0.161. The smallest absolute Gasteiger partial charge is 0.255 e. The van der Waals surface area contributed by atoms with E-state index < -0.39 is 0 Å². The zero-order valence-corrected chi connectivity index (χ0v) is 17.5. The lowest BCUT2D eigenvalue weighted by Crippen LogP contribution is -2.26. The van der Waals surface area contributed by atoms with Crippen molar-refractivity contribution in [2.45, 2.75) is 19.5 Å². The molecule has 0 saturated heterocycles. The first-order valence-corrected chi connectivity index (χ1v) is 10.1. The number of amides is 1. The molecular formula is C25H24N4O2. The standard InChI is InChI=1S/C25H24N4O2/c1-18(20-11-13-26-14-12-20)27-25(30)23-17-29(16-19-7-4-3-5-8-19)28-24(23)21-9-6-10-22(15-21)31-2/h3-15,17-18H,16H2,1-2H3,(H,27,30). The van der Waals surface area contributed by atoms with Gasteiger partial charge >= 0.3 is 0 Å². The van der Waals surface area contributed by atoms with Crippen LogP contribution in [0.4, 0.5) is 0 Å². The highest BCUT2D eigenvalue weighted by Crippen LogP contribution is 2.27. The Bertz CT molecular complexity index is 1160. The molecule has 2 aromatic carbocycles. The van der Waals surface area contributed by atoms with Gasteiger partial charge in [0.05, 0.1) is 25.3 Å². The average molecular weight is 412 g/mol. The molecule has 4 aromatic rings. The number of rotatable bonds is 7. The molecule has 2 aromatic heterocycles. The Morgan fingerprint density at radius 3 is 2.58 bits per heavy atom. The van der Waals surface area contributed by atoms with Gasteiger partial charge in [0.2, 0.25) is 0 Å². The van der Waals surface area contributed by atoms with E-state index in [2.05, 4.69) is 10.3 Å². The number of hydrogen-bond donors (Lipinski definition) is 1. The van der Waals surface area contributed by atoms with Gasteiger partial charge in [0.25, 0.3) is 5.91 Å². The molecule has 1 unspecified atom stereocenters. The Balaban J connectivity index is 1.67. The summed E-state index contributed by atoms with van der Waals surface area (Å²) in [4.78, 5) is 17.3. The average Bonchev–Trinajstić information content (AvgIpc) is 3.24. The monoisotopic (exact) mass is 412 g/mol. The van der Waals surface area contributed by atoms with E-state index >= 15 is 0 Å². The lowest BCUT2D eigenvalue weighted by Gasteiger charge is -2.14. The summed E-state index contributed by atoms with van der Waals surface area (Å²) >= 11 is 0. The first-order valence-electron chi connectivity index (χ1n) is 10.1. The normalized spacial score (nSPS) is 11.7. The van der Waals surface area contributed by atoms with Crippen molar-refractivity contribution in [1.29, 1.82) is 0 Å². The van der Waals surface area contributed by atoms with Gasteiger partial charge in [-0.2, -0.15) is 5.10 Å². The van der Waals surface area contributed by atoms with Gasteiger partial charge in [-0.3, -0.25) is 14.5 Å². The minimum Gasteiger partial charge on any atom is -0.497 e.